The molecule has 0 aromatic carbocycles. The van der Waals surface area contributed by atoms with Gasteiger partial charge in [0.05, 0.1) is 12.4 Å². The number of hydrogen-bond donors (Lipinski definition) is 1. The summed E-state index contributed by atoms with van der Waals surface area (Å²) in [4.78, 5) is 23.9. The summed E-state index contributed by atoms with van der Waals surface area (Å²) in [6, 6.07) is 0. The van der Waals surface area contributed by atoms with Gasteiger partial charge in [-0.3, -0.25) is 9.78 Å². The van der Waals surface area contributed by atoms with E-state index in [1.54, 1.807) is 6.20 Å². The van der Waals surface area contributed by atoms with Gasteiger partial charge >= 0.3 is 0 Å². The highest BCUT2D eigenvalue weighted by Gasteiger charge is 2.39. The van der Waals surface area contributed by atoms with Crippen LogP contribution in [0, 0.1) is 5.92 Å². The van der Waals surface area contributed by atoms with Crippen molar-refractivity contribution in [1.29, 1.82) is 0 Å². The minimum absolute atomic E-state index is 0.170. The van der Waals surface area contributed by atoms with Gasteiger partial charge in [-0.1, -0.05) is 0 Å². The maximum Gasteiger partial charge on any atom is 0.268 e. The van der Waals surface area contributed by atoms with Crippen LogP contribution in [0.15, 0.2) is 12.4 Å². The molecule has 0 unspecified atom stereocenters. The predicted molar refractivity (Wildman–Crippen MR) is 78.6 cm³/mol. The summed E-state index contributed by atoms with van der Waals surface area (Å²) in [6.45, 7) is 6.53. The second-order valence-corrected chi connectivity index (χ2v) is 6.07. The van der Waals surface area contributed by atoms with Gasteiger partial charge in [0.15, 0.2) is 0 Å². The fourth-order valence-corrected chi connectivity index (χ4v) is 2.70. The fraction of sp³-hybridized carbons (Fsp3) is 0.643. The third kappa shape index (κ3) is 2.75. The summed E-state index contributed by atoms with van der Waals surface area (Å²) in [7, 11) is 4.14. The van der Waals surface area contributed by atoms with E-state index in [-0.39, 0.29) is 11.2 Å². The van der Waals surface area contributed by atoms with Crippen LogP contribution in [0.4, 0.5) is 5.82 Å². The minimum Gasteiger partial charge on any atom is -0.364 e. The molecule has 20 heavy (non-hydrogen) atoms. The van der Waals surface area contributed by atoms with E-state index >= 15 is 0 Å². The molecule has 0 radical (unpaired) electrons. The smallest absolute Gasteiger partial charge is 0.268 e. The SMILES string of the molecule is CN(C[C@@H]1CCN(C)C1(C)C)c1cncc(C(N)=O)n1. The average molecular weight is 277 g/mol. The average Bonchev–Trinajstić information content (AvgIpc) is 2.65. The summed E-state index contributed by atoms with van der Waals surface area (Å²) >= 11 is 0. The number of nitrogens with two attached hydrogens (primary N) is 1. The molecular weight excluding hydrogens is 254 g/mol. The third-order valence-corrected chi connectivity index (χ3v) is 4.56. The summed E-state index contributed by atoms with van der Waals surface area (Å²) in [5.74, 6) is 0.692. The number of primary amides is 1. The predicted octanol–water partition coefficient (Wildman–Crippen LogP) is 0.742. The first kappa shape index (κ1) is 14.7. The second-order valence-electron chi connectivity index (χ2n) is 6.07. The van der Waals surface area contributed by atoms with Crippen LogP contribution < -0.4 is 10.6 Å². The topological polar surface area (TPSA) is 75.3 Å². The Balaban J connectivity index is 2.11. The van der Waals surface area contributed by atoms with Gasteiger partial charge in [0.25, 0.3) is 5.91 Å². The van der Waals surface area contributed by atoms with Crippen LogP contribution in [0.1, 0.15) is 30.8 Å². The number of carbonyl (C=O) groups is 1. The molecule has 1 amide bonds. The Hall–Kier alpha value is -1.69. The Morgan fingerprint density at radius 1 is 1.55 bits per heavy atom. The normalized spacial score (nSPS) is 21.9. The number of carbonyl (C=O) groups excluding carboxylic acids is 1. The largest absolute Gasteiger partial charge is 0.364 e. The Morgan fingerprint density at radius 3 is 2.80 bits per heavy atom. The van der Waals surface area contributed by atoms with Crippen LogP contribution in [0.5, 0.6) is 0 Å². The zero-order valence-electron chi connectivity index (χ0n) is 12.6. The van der Waals surface area contributed by atoms with Gasteiger partial charge in [-0.25, -0.2) is 4.98 Å². The molecule has 0 spiro atoms. The molecule has 6 heteroatoms. The zero-order valence-corrected chi connectivity index (χ0v) is 12.6. The van der Waals surface area contributed by atoms with Crippen LogP contribution in [0.3, 0.4) is 0 Å². The first-order valence-electron chi connectivity index (χ1n) is 6.86. The Bertz CT molecular complexity index is 502. The van der Waals surface area contributed by atoms with Gasteiger partial charge in [0, 0.05) is 19.1 Å². The molecular formula is C14H23N5O. The van der Waals surface area contributed by atoms with Crippen molar-refractivity contribution in [2.24, 2.45) is 11.7 Å². The number of rotatable bonds is 4. The van der Waals surface area contributed by atoms with E-state index in [0.717, 1.165) is 19.5 Å². The molecule has 2 N–H and O–H groups in total. The molecule has 2 rings (SSSR count). The van der Waals surface area contributed by atoms with Crippen molar-refractivity contribution in [3.05, 3.63) is 18.1 Å². The van der Waals surface area contributed by atoms with E-state index in [1.807, 2.05) is 11.9 Å². The van der Waals surface area contributed by atoms with E-state index in [2.05, 4.69) is 35.8 Å². The van der Waals surface area contributed by atoms with E-state index in [1.165, 1.54) is 6.20 Å². The van der Waals surface area contributed by atoms with Gasteiger partial charge in [-0.2, -0.15) is 0 Å². The van der Waals surface area contributed by atoms with Crippen molar-refractivity contribution >= 4 is 11.7 Å². The van der Waals surface area contributed by atoms with Crippen molar-refractivity contribution in [1.82, 2.24) is 14.9 Å². The van der Waals surface area contributed by atoms with Crippen LogP contribution in [0.25, 0.3) is 0 Å². The van der Waals surface area contributed by atoms with E-state index in [0.29, 0.717) is 11.7 Å². The van der Waals surface area contributed by atoms with Gasteiger partial charge in [0.1, 0.15) is 11.5 Å². The van der Waals surface area contributed by atoms with Crippen molar-refractivity contribution in [3.63, 3.8) is 0 Å². The first-order chi connectivity index (χ1) is 9.32. The number of nitrogens with zero attached hydrogens (tertiary/aromatic N) is 4. The Kier molecular flexibility index (Phi) is 3.94. The maximum atomic E-state index is 11.2. The Morgan fingerprint density at radius 2 is 2.25 bits per heavy atom. The van der Waals surface area contributed by atoms with Gasteiger partial charge < -0.3 is 15.5 Å². The van der Waals surface area contributed by atoms with Crippen molar-refractivity contribution < 1.29 is 4.79 Å². The van der Waals surface area contributed by atoms with E-state index in [4.69, 9.17) is 5.73 Å². The first-order valence-corrected chi connectivity index (χ1v) is 6.86. The van der Waals surface area contributed by atoms with Crippen LogP contribution in [0.2, 0.25) is 0 Å². The lowest BCUT2D eigenvalue weighted by Gasteiger charge is -2.35. The second kappa shape index (κ2) is 5.36. The number of hydrogen-bond acceptors (Lipinski definition) is 5. The molecule has 1 atom stereocenters. The van der Waals surface area contributed by atoms with E-state index < -0.39 is 5.91 Å². The number of likely N-dealkylation sites (tertiary alicyclic amines) is 1. The number of anilines is 1. The number of amides is 1. The lowest BCUT2D eigenvalue weighted by molar-refractivity contribution is 0.0995. The lowest BCUT2D eigenvalue weighted by Crippen LogP contribution is -2.43. The highest BCUT2D eigenvalue weighted by molar-refractivity contribution is 5.90. The molecule has 6 nitrogen and oxygen atoms in total. The molecule has 1 fully saturated rings. The Labute approximate surface area is 120 Å². The molecule has 1 aliphatic heterocycles. The molecule has 1 aromatic heterocycles. The summed E-state index contributed by atoms with van der Waals surface area (Å²) < 4.78 is 0. The fourth-order valence-electron chi connectivity index (χ4n) is 2.70. The summed E-state index contributed by atoms with van der Waals surface area (Å²) in [5, 5.41) is 0. The quantitative estimate of drug-likeness (QED) is 0.878. The van der Waals surface area contributed by atoms with Crippen LogP contribution in [-0.4, -0.2) is 53.5 Å². The standard InChI is InChI=1S/C14H23N5O/c1-14(2)10(5-6-19(14)4)9-18(3)12-8-16-7-11(17-12)13(15)20/h7-8,10H,5-6,9H2,1-4H3,(H2,15,20)/t10-/m0/s1. The third-order valence-electron chi connectivity index (χ3n) is 4.56. The van der Waals surface area contributed by atoms with Crippen molar-refractivity contribution in [2.45, 2.75) is 25.8 Å². The van der Waals surface area contributed by atoms with E-state index in [9.17, 15) is 4.79 Å². The molecule has 0 aliphatic carbocycles. The molecule has 1 saturated heterocycles. The summed E-state index contributed by atoms with van der Waals surface area (Å²) in [5.41, 5.74) is 5.62. The minimum atomic E-state index is -0.548. The van der Waals surface area contributed by atoms with Gasteiger partial charge in [0.2, 0.25) is 0 Å². The highest BCUT2D eigenvalue weighted by Crippen LogP contribution is 2.33. The molecule has 2 heterocycles. The van der Waals surface area contributed by atoms with Crippen molar-refractivity contribution in [2.75, 3.05) is 32.1 Å². The molecule has 1 aromatic rings. The zero-order chi connectivity index (χ0) is 14.9. The summed E-state index contributed by atoms with van der Waals surface area (Å²) in [6.07, 6.45) is 4.22. The monoisotopic (exact) mass is 277 g/mol. The maximum absolute atomic E-state index is 11.2. The molecule has 0 bridgehead atoms. The molecule has 1 aliphatic rings. The lowest BCUT2D eigenvalue weighted by atomic mass is 9.88. The van der Waals surface area contributed by atoms with Gasteiger partial charge in [-0.05, 0) is 39.8 Å². The van der Waals surface area contributed by atoms with Crippen LogP contribution >= 0.6 is 0 Å². The highest BCUT2D eigenvalue weighted by atomic mass is 16.1. The molecule has 0 saturated carbocycles. The molecule has 110 valence electrons. The van der Waals surface area contributed by atoms with Gasteiger partial charge in [-0.15, -0.1) is 0 Å². The van der Waals surface area contributed by atoms with Crippen LogP contribution in [-0.2, 0) is 0 Å². The number of aromatic nitrogens is 2. The van der Waals surface area contributed by atoms with Crippen molar-refractivity contribution in [3.8, 4) is 0 Å².